The summed E-state index contributed by atoms with van der Waals surface area (Å²) in [6, 6.07) is 6.88. The van der Waals surface area contributed by atoms with Crippen molar-refractivity contribution in [2.24, 2.45) is 0 Å². The summed E-state index contributed by atoms with van der Waals surface area (Å²) < 4.78 is 4.88. The van der Waals surface area contributed by atoms with Crippen LogP contribution in [0.1, 0.15) is 23.7 Å². The Labute approximate surface area is 141 Å². The van der Waals surface area contributed by atoms with Crippen molar-refractivity contribution in [1.29, 1.82) is 0 Å². The highest BCUT2D eigenvalue weighted by molar-refractivity contribution is 5.96. The Morgan fingerprint density at radius 1 is 1.12 bits per heavy atom. The number of ether oxygens (including phenoxy) is 1. The third-order valence-corrected chi connectivity index (χ3v) is 3.83. The first kappa shape index (κ1) is 17.9. The molecule has 0 spiro atoms. The fourth-order valence-electron chi connectivity index (χ4n) is 2.70. The number of carbonyl (C=O) groups is 3. The van der Waals surface area contributed by atoms with Crippen LogP contribution in [0.15, 0.2) is 24.3 Å². The molecule has 0 aliphatic carbocycles. The molecule has 2 rings (SSSR count). The molecule has 0 radical (unpaired) electrons. The smallest absolute Gasteiger partial charge is 0.253 e. The highest BCUT2D eigenvalue weighted by atomic mass is 16.5. The van der Waals surface area contributed by atoms with E-state index in [1.54, 1.807) is 34.1 Å². The highest BCUT2D eigenvalue weighted by Crippen LogP contribution is 2.14. The van der Waals surface area contributed by atoms with Crippen molar-refractivity contribution >= 4 is 23.4 Å². The summed E-state index contributed by atoms with van der Waals surface area (Å²) in [7, 11) is 1.49. The van der Waals surface area contributed by atoms with Gasteiger partial charge in [-0.2, -0.15) is 0 Å². The van der Waals surface area contributed by atoms with Gasteiger partial charge in [0.25, 0.3) is 5.91 Å². The summed E-state index contributed by atoms with van der Waals surface area (Å²) in [5.74, 6) is -0.329. The van der Waals surface area contributed by atoms with Crippen LogP contribution < -0.4 is 5.32 Å². The quantitative estimate of drug-likeness (QED) is 0.890. The van der Waals surface area contributed by atoms with E-state index in [9.17, 15) is 14.4 Å². The Balaban J connectivity index is 2.02. The van der Waals surface area contributed by atoms with E-state index in [4.69, 9.17) is 4.74 Å². The minimum Gasteiger partial charge on any atom is -0.375 e. The molecule has 1 aromatic carbocycles. The van der Waals surface area contributed by atoms with Crippen LogP contribution in [0.3, 0.4) is 0 Å². The highest BCUT2D eigenvalue weighted by Gasteiger charge is 2.22. The van der Waals surface area contributed by atoms with Crippen LogP contribution in [0.4, 0.5) is 5.69 Å². The Morgan fingerprint density at radius 3 is 2.54 bits per heavy atom. The number of hydrogen-bond donors (Lipinski definition) is 1. The molecule has 3 amide bonds. The monoisotopic (exact) mass is 333 g/mol. The van der Waals surface area contributed by atoms with Gasteiger partial charge in [0.05, 0.1) is 0 Å². The molecule has 1 aliphatic rings. The maximum atomic E-state index is 12.7. The van der Waals surface area contributed by atoms with Crippen molar-refractivity contribution in [2.45, 2.75) is 13.3 Å². The number of nitrogens with zero attached hydrogens (tertiary/aromatic N) is 2. The van der Waals surface area contributed by atoms with Crippen molar-refractivity contribution < 1.29 is 19.1 Å². The van der Waals surface area contributed by atoms with Crippen LogP contribution in [-0.4, -0.2) is 67.4 Å². The van der Waals surface area contributed by atoms with Gasteiger partial charge in [0.2, 0.25) is 11.8 Å². The molecule has 7 nitrogen and oxygen atoms in total. The molecular weight excluding hydrogens is 310 g/mol. The van der Waals surface area contributed by atoms with E-state index >= 15 is 0 Å². The number of methoxy groups -OCH3 is 1. The first-order chi connectivity index (χ1) is 11.5. The molecule has 0 bridgehead atoms. The number of rotatable bonds is 4. The van der Waals surface area contributed by atoms with Gasteiger partial charge in [-0.3, -0.25) is 14.4 Å². The van der Waals surface area contributed by atoms with Crippen LogP contribution >= 0.6 is 0 Å². The van der Waals surface area contributed by atoms with Gasteiger partial charge in [-0.1, -0.05) is 6.07 Å². The van der Waals surface area contributed by atoms with E-state index in [1.807, 2.05) is 0 Å². The fraction of sp³-hybridized carbons (Fsp3) is 0.471. The van der Waals surface area contributed by atoms with Crippen molar-refractivity contribution in [1.82, 2.24) is 9.80 Å². The second-order valence-corrected chi connectivity index (χ2v) is 5.72. The van der Waals surface area contributed by atoms with Gasteiger partial charge >= 0.3 is 0 Å². The van der Waals surface area contributed by atoms with Crippen LogP contribution in [0, 0.1) is 0 Å². The lowest BCUT2D eigenvalue weighted by molar-refractivity contribution is -0.135. The topological polar surface area (TPSA) is 79.0 Å². The first-order valence-electron chi connectivity index (χ1n) is 7.95. The molecule has 130 valence electrons. The van der Waals surface area contributed by atoms with Crippen LogP contribution in [-0.2, 0) is 14.3 Å². The van der Waals surface area contributed by atoms with Crippen LogP contribution in [0.5, 0.6) is 0 Å². The van der Waals surface area contributed by atoms with Gasteiger partial charge in [-0.05, 0) is 24.6 Å². The first-order valence-corrected chi connectivity index (χ1v) is 7.95. The second-order valence-electron chi connectivity index (χ2n) is 5.72. The van der Waals surface area contributed by atoms with Crippen LogP contribution in [0.2, 0.25) is 0 Å². The molecule has 24 heavy (non-hydrogen) atoms. The van der Waals surface area contributed by atoms with Crippen molar-refractivity contribution in [3.05, 3.63) is 29.8 Å². The largest absolute Gasteiger partial charge is 0.375 e. The molecule has 0 aromatic heterocycles. The van der Waals surface area contributed by atoms with Crippen molar-refractivity contribution in [3.8, 4) is 0 Å². The lowest BCUT2D eigenvalue weighted by atomic mass is 10.1. The summed E-state index contributed by atoms with van der Waals surface area (Å²) in [6.45, 7) is 3.69. The molecular formula is C17H23N3O4. The second kappa shape index (κ2) is 8.44. The van der Waals surface area contributed by atoms with E-state index in [2.05, 4.69) is 5.32 Å². The molecule has 1 saturated heterocycles. The summed E-state index contributed by atoms with van der Waals surface area (Å²) >= 11 is 0. The lowest BCUT2D eigenvalue weighted by Crippen LogP contribution is -2.38. The molecule has 0 atom stereocenters. The molecule has 1 fully saturated rings. The minimum atomic E-state index is -0.179. The SMILES string of the molecule is COCC(=O)N1CCCN(C(=O)c2cccc(NC(C)=O)c2)CC1. The maximum Gasteiger partial charge on any atom is 0.253 e. The van der Waals surface area contributed by atoms with E-state index in [0.29, 0.717) is 37.4 Å². The van der Waals surface area contributed by atoms with Gasteiger partial charge in [-0.25, -0.2) is 0 Å². The Bertz CT molecular complexity index is 618. The average Bonchev–Trinajstić information content (AvgIpc) is 2.80. The number of benzene rings is 1. The number of carbonyl (C=O) groups excluding carboxylic acids is 3. The van der Waals surface area contributed by atoms with Gasteiger partial charge < -0.3 is 19.9 Å². The molecule has 0 unspecified atom stereocenters. The summed E-state index contributed by atoms with van der Waals surface area (Å²) in [5.41, 5.74) is 1.12. The van der Waals surface area contributed by atoms with Gasteiger partial charge in [0.15, 0.2) is 0 Å². The molecule has 1 heterocycles. The fourth-order valence-corrected chi connectivity index (χ4v) is 2.70. The third kappa shape index (κ3) is 4.79. The zero-order chi connectivity index (χ0) is 17.5. The Hall–Kier alpha value is -2.41. The van der Waals surface area contributed by atoms with Gasteiger partial charge in [-0.15, -0.1) is 0 Å². The predicted octanol–water partition coefficient (Wildman–Crippen LogP) is 0.966. The molecule has 7 heteroatoms. The van der Waals surface area contributed by atoms with Crippen molar-refractivity contribution in [3.63, 3.8) is 0 Å². The zero-order valence-electron chi connectivity index (χ0n) is 14.1. The summed E-state index contributed by atoms with van der Waals surface area (Å²) in [4.78, 5) is 39.2. The van der Waals surface area contributed by atoms with E-state index in [1.165, 1.54) is 14.0 Å². The third-order valence-electron chi connectivity index (χ3n) is 3.83. The molecule has 0 saturated carbocycles. The number of hydrogen-bond acceptors (Lipinski definition) is 4. The Kier molecular flexibility index (Phi) is 6.31. The standard InChI is InChI=1S/C17H23N3O4/c1-13(21)18-15-6-3-5-14(11-15)17(23)20-8-4-7-19(9-10-20)16(22)12-24-2/h3,5-6,11H,4,7-10,12H2,1-2H3,(H,18,21). The predicted molar refractivity (Wildman–Crippen MR) is 89.7 cm³/mol. The zero-order valence-corrected chi connectivity index (χ0v) is 14.1. The van der Waals surface area contributed by atoms with Crippen molar-refractivity contribution in [2.75, 3.05) is 45.2 Å². The number of anilines is 1. The maximum absolute atomic E-state index is 12.7. The van der Waals surface area contributed by atoms with Crippen LogP contribution in [0.25, 0.3) is 0 Å². The van der Waals surface area contributed by atoms with Gasteiger partial charge in [0.1, 0.15) is 6.61 Å². The van der Waals surface area contributed by atoms with E-state index in [0.717, 1.165) is 6.42 Å². The lowest BCUT2D eigenvalue weighted by Gasteiger charge is -2.22. The average molecular weight is 333 g/mol. The van der Waals surface area contributed by atoms with E-state index in [-0.39, 0.29) is 24.3 Å². The summed E-state index contributed by atoms with van der Waals surface area (Å²) in [5, 5.41) is 2.67. The molecule has 1 N–H and O–H groups in total. The normalized spacial score (nSPS) is 14.9. The summed E-state index contributed by atoms with van der Waals surface area (Å²) in [6.07, 6.45) is 0.729. The molecule has 1 aliphatic heterocycles. The number of nitrogens with one attached hydrogen (secondary N) is 1. The van der Waals surface area contributed by atoms with Gasteiger partial charge in [0, 0.05) is 51.5 Å². The number of amides is 3. The minimum absolute atomic E-state index is 0.0561. The Morgan fingerprint density at radius 2 is 1.83 bits per heavy atom. The van der Waals surface area contributed by atoms with E-state index < -0.39 is 0 Å². The molecule has 1 aromatic rings.